The standard InChI is InChI=1S/C17H20N2O4/c1-2-9-23-11-15(17(21)22)19-16(20)6-4-12-3-5-14-13(10-12)7-8-18-14/h2-3,5,7-8,10,15,18H,1,4,6,9,11H2,(H,19,20)(H,21,22). The molecule has 122 valence electrons. The highest BCUT2D eigenvalue weighted by Crippen LogP contribution is 2.15. The molecule has 0 aliphatic rings. The van der Waals surface area contributed by atoms with Crippen LogP contribution in [-0.2, 0) is 20.7 Å². The summed E-state index contributed by atoms with van der Waals surface area (Å²) in [5, 5.41) is 12.6. The van der Waals surface area contributed by atoms with Gasteiger partial charge < -0.3 is 20.1 Å². The summed E-state index contributed by atoms with van der Waals surface area (Å²) in [6.45, 7) is 3.65. The van der Waals surface area contributed by atoms with Crippen LogP contribution in [0.1, 0.15) is 12.0 Å². The van der Waals surface area contributed by atoms with Gasteiger partial charge in [0.05, 0.1) is 13.2 Å². The SMILES string of the molecule is C=CCOCC(NC(=O)CCc1ccc2[nH]ccc2c1)C(=O)O. The number of H-pyrrole nitrogens is 1. The van der Waals surface area contributed by atoms with Crippen LogP contribution >= 0.6 is 0 Å². The molecule has 1 amide bonds. The van der Waals surface area contributed by atoms with E-state index >= 15 is 0 Å². The largest absolute Gasteiger partial charge is 0.480 e. The van der Waals surface area contributed by atoms with Crippen molar-refractivity contribution < 1.29 is 19.4 Å². The Morgan fingerprint density at radius 1 is 1.39 bits per heavy atom. The highest BCUT2D eigenvalue weighted by Gasteiger charge is 2.19. The molecule has 23 heavy (non-hydrogen) atoms. The summed E-state index contributed by atoms with van der Waals surface area (Å²) in [5.74, 6) is -1.43. The zero-order chi connectivity index (χ0) is 16.7. The average Bonchev–Trinajstić information content (AvgIpc) is 2.99. The second kappa shape index (κ2) is 8.14. The van der Waals surface area contributed by atoms with Gasteiger partial charge >= 0.3 is 5.97 Å². The highest BCUT2D eigenvalue weighted by atomic mass is 16.5. The molecule has 6 heteroatoms. The van der Waals surface area contributed by atoms with Crippen LogP contribution in [0.2, 0.25) is 0 Å². The summed E-state index contributed by atoms with van der Waals surface area (Å²) in [4.78, 5) is 26.1. The van der Waals surface area contributed by atoms with Crippen molar-refractivity contribution in [2.24, 2.45) is 0 Å². The quantitative estimate of drug-likeness (QED) is 0.486. The number of benzene rings is 1. The third kappa shape index (κ3) is 4.96. The van der Waals surface area contributed by atoms with Crippen molar-refractivity contribution in [3.8, 4) is 0 Å². The molecule has 2 aromatic rings. The zero-order valence-corrected chi connectivity index (χ0v) is 12.7. The van der Waals surface area contributed by atoms with Gasteiger partial charge in [-0.25, -0.2) is 4.79 Å². The number of nitrogens with one attached hydrogen (secondary N) is 2. The molecule has 1 atom stereocenters. The smallest absolute Gasteiger partial charge is 0.328 e. The number of aryl methyl sites for hydroxylation is 1. The van der Waals surface area contributed by atoms with Gasteiger partial charge in [0.15, 0.2) is 6.04 Å². The Hall–Kier alpha value is -2.60. The Labute approximate surface area is 134 Å². The number of carbonyl (C=O) groups excluding carboxylic acids is 1. The first-order valence-corrected chi connectivity index (χ1v) is 7.37. The van der Waals surface area contributed by atoms with Crippen molar-refractivity contribution in [2.45, 2.75) is 18.9 Å². The number of aromatic nitrogens is 1. The molecular weight excluding hydrogens is 296 g/mol. The van der Waals surface area contributed by atoms with E-state index < -0.39 is 12.0 Å². The van der Waals surface area contributed by atoms with Gasteiger partial charge in [-0.15, -0.1) is 6.58 Å². The van der Waals surface area contributed by atoms with Gasteiger partial charge in [-0.3, -0.25) is 4.79 Å². The first kappa shape index (κ1) is 16.8. The number of carboxylic acids is 1. The highest BCUT2D eigenvalue weighted by molar-refractivity contribution is 5.84. The van der Waals surface area contributed by atoms with Crippen LogP contribution in [0.5, 0.6) is 0 Å². The van der Waals surface area contributed by atoms with E-state index in [0.717, 1.165) is 16.5 Å². The van der Waals surface area contributed by atoms with Crippen molar-refractivity contribution in [1.82, 2.24) is 10.3 Å². The van der Waals surface area contributed by atoms with Gasteiger partial charge in [0.1, 0.15) is 0 Å². The first-order chi connectivity index (χ1) is 11.1. The molecule has 1 aromatic heterocycles. The van der Waals surface area contributed by atoms with Crippen molar-refractivity contribution in [1.29, 1.82) is 0 Å². The van der Waals surface area contributed by atoms with E-state index in [2.05, 4.69) is 16.9 Å². The van der Waals surface area contributed by atoms with Gasteiger partial charge in [-0.1, -0.05) is 12.1 Å². The second-order valence-electron chi connectivity index (χ2n) is 5.18. The molecule has 1 heterocycles. The van der Waals surface area contributed by atoms with Gasteiger partial charge in [-0.2, -0.15) is 0 Å². The van der Waals surface area contributed by atoms with E-state index in [1.165, 1.54) is 6.08 Å². The predicted molar refractivity (Wildman–Crippen MR) is 87.2 cm³/mol. The normalized spacial score (nSPS) is 12.0. The summed E-state index contributed by atoms with van der Waals surface area (Å²) in [6.07, 6.45) is 4.16. The molecule has 0 saturated carbocycles. The van der Waals surface area contributed by atoms with E-state index in [0.29, 0.717) is 6.42 Å². The molecule has 0 fully saturated rings. The minimum Gasteiger partial charge on any atom is -0.480 e. The first-order valence-electron chi connectivity index (χ1n) is 7.37. The number of ether oxygens (including phenoxy) is 1. The maximum absolute atomic E-state index is 11.9. The Morgan fingerprint density at radius 2 is 2.22 bits per heavy atom. The molecule has 0 spiro atoms. The maximum atomic E-state index is 11.9. The second-order valence-corrected chi connectivity index (χ2v) is 5.18. The van der Waals surface area contributed by atoms with Crippen LogP contribution in [0.15, 0.2) is 43.1 Å². The third-order valence-corrected chi connectivity index (χ3v) is 3.41. The summed E-state index contributed by atoms with van der Waals surface area (Å²) in [7, 11) is 0. The minimum absolute atomic E-state index is 0.0809. The number of rotatable bonds is 9. The van der Waals surface area contributed by atoms with E-state index in [-0.39, 0.29) is 25.5 Å². The molecule has 0 bridgehead atoms. The Balaban J connectivity index is 1.84. The zero-order valence-electron chi connectivity index (χ0n) is 12.7. The molecule has 0 radical (unpaired) electrons. The van der Waals surface area contributed by atoms with Gasteiger partial charge in [0.25, 0.3) is 0 Å². The lowest BCUT2D eigenvalue weighted by Crippen LogP contribution is -2.44. The van der Waals surface area contributed by atoms with Crippen molar-refractivity contribution in [2.75, 3.05) is 13.2 Å². The Bertz CT molecular complexity index is 693. The van der Waals surface area contributed by atoms with E-state index in [4.69, 9.17) is 9.84 Å². The lowest BCUT2D eigenvalue weighted by atomic mass is 10.1. The van der Waals surface area contributed by atoms with E-state index in [9.17, 15) is 9.59 Å². The maximum Gasteiger partial charge on any atom is 0.328 e. The molecular formula is C17H20N2O4. The fraction of sp³-hybridized carbons (Fsp3) is 0.294. The fourth-order valence-electron chi connectivity index (χ4n) is 2.23. The lowest BCUT2D eigenvalue weighted by Gasteiger charge is -2.14. The Kier molecular flexibility index (Phi) is 5.94. The monoisotopic (exact) mass is 316 g/mol. The molecule has 3 N–H and O–H groups in total. The lowest BCUT2D eigenvalue weighted by molar-refractivity contribution is -0.143. The summed E-state index contributed by atoms with van der Waals surface area (Å²) in [5.41, 5.74) is 2.07. The van der Waals surface area contributed by atoms with E-state index in [1.54, 1.807) is 0 Å². The number of hydrogen-bond acceptors (Lipinski definition) is 3. The molecule has 1 aromatic carbocycles. The number of amides is 1. The third-order valence-electron chi connectivity index (χ3n) is 3.41. The van der Waals surface area contributed by atoms with Crippen molar-refractivity contribution >= 4 is 22.8 Å². The van der Waals surface area contributed by atoms with Crippen LogP contribution in [0, 0.1) is 0 Å². The predicted octanol–water partition coefficient (Wildman–Crippen LogP) is 1.87. The van der Waals surface area contributed by atoms with Crippen LogP contribution in [0.25, 0.3) is 10.9 Å². The van der Waals surface area contributed by atoms with Gasteiger partial charge in [0.2, 0.25) is 5.91 Å². The van der Waals surface area contributed by atoms with Gasteiger partial charge in [-0.05, 0) is 35.6 Å². The van der Waals surface area contributed by atoms with Crippen molar-refractivity contribution in [3.05, 3.63) is 48.7 Å². The number of carboxylic acid groups (broad SMARTS) is 1. The minimum atomic E-state index is -1.11. The molecule has 0 aliphatic carbocycles. The summed E-state index contributed by atoms with van der Waals surface area (Å²) in [6, 6.07) is 6.85. The summed E-state index contributed by atoms with van der Waals surface area (Å²) >= 11 is 0. The number of hydrogen-bond donors (Lipinski definition) is 3. The van der Waals surface area contributed by atoms with Crippen LogP contribution in [0.3, 0.4) is 0 Å². The van der Waals surface area contributed by atoms with Crippen LogP contribution < -0.4 is 5.32 Å². The van der Waals surface area contributed by atoms with Crippen molar-refractivity contribution in [3.63, 3.8) is 0 Å². The molecule has 1 unspecified atom stereocenters. The molecule has 0 aliphatic heterocycles. The van der Waals surface area contributed by atoms with Crippen LogP contribution in [-0.4, -0.2) is 41.2 Å². The topological polar surface area (TPSA) is 91.4 Å². The average molecular weight is 316 g/mol. The van der Waals surface area contributed by atoms with Gasteiger partial charge in [0, 0.05) is 18.1 Å². The number of carbonyl (C=O) groups is 2. The number of aromatic amines is 1. The fourth-order valence-corrected chi connectivity index (χ4v) is 2.23. The van der Waals surface area contributed by atoms with E-state index in [1.807, 2.05) is 30.5 Å². The summed E-state index contributed by atoms with van der Waals surface area (Å²) < 4.78 is 5.09. The molecule has 6 nitrogen and oxygen atoms in total. The number of fused-ring (bicyclic) bond motifs is 1. The Morgan fingerprint density at radius 3 is 2.96 bits per heavy atom. The number of aliphatic carboxylic acids is 1. The van der Waals surface area contributed by atoms with Crippen LogP contribution in [0.4, 0.5) is 0 Å². The molecule has 0 saturated heterocycles. The molecule has 2 rings (SSSR count).